The van der Waals surface area contributed by atoms with E-state index in [1.54, 1.807) is 7.11 Å². The van der Waals surface area contributed by atoms with Gasteiger partial charge in [0.25, 0.3) is 5.91 Å². The average molecular weight is 415 g/mol. The Morgan fingerprint density at radius 1 is 1.34 bits per heavy atom. The van der Waals surface area contributed by atoms with Crippen LogP contribution in [0.25, 0.3) is 0 Å². The van der Waals surface area contributed by atoms with Gasteiger partial charge in [-0.1, -0.05) is 12.1 Å². The van der Waals surface area contributed by atoms with E-state index in [4.69, 9.17) is 4.74 Å². The Hall–Kier alpha value is -1.99. The van der Waals surface area contributed by atoms with Gasteiger partial charge in [0.1, 0.15) is 5.75 Å². The molecule has 2 heterocycles. The van der Waals surface area contributed by atoms with Crippen LogP contribution >= 0.6 is 11.8 Å². The van der Waals surface area contributed by atoms with Gasteiger partial charge >= 0.3 is 0 Å². The van der Waals surface area contributed by atoms with Gasteiger partial charge in [-0.25, -0.2) is 0 Å². The molecule has 156 valence electrons. The third-order valence-electron chi connectivity index (χ3n) is 6.12. The first-order chi connectivity index (χ1) is 14.1. The summed E-state index contributed by atoms with van der Waals surface area (Å²) in [5.41, 5.74) is 4.30. The van der Waals surface area contributed by atoms with Crippen molar-refractivity contribution in [1.82, 2.24) is 19.6 Å². The molecule has 6 nitrogen and oxygen atoms in total. The number of rotatable bonds is 5. The van der Waals surface area contributed by atoms with Crippen molar-refractivity contribution in [3.8, 4) is 5.75 Å². The summed E-state index contributed by atoms with van der Waals surface area (Å²) in [6, 6.07) is 8.65. The number of hydrogen-bond acceptors (Lipinski definition) is 5. The van der Waals surface area contributed by atoms with Crippen molar-refractivity contribution in [3.63, 3.8) is 0 Å². The third kappa shape index (κ3) is 4.31. The molecule has 1 fully saturated rings. The zero-order chi connectivity index (χ0) is 20.4. The van der Waals surface area contributed by atoms with Crippen LogP contribution in [0.1, 0.15) is 33.7 Å². The summed E-state index contributed by atoms with van der Waals surface area (Å²) in [7, 11) is 5.85. The van der Waals surface area contributed by atoms with Crippen LogP contribution in [0.2, 0.25) is 0 Å². The summed E-state index contributed by atoms with van der Waals surface area (Å²) in [6.07, 6.45) is 2.93. The van der Waals surface area contributed by atoms with E-state index in [9.17, 15) is 4.79 Å². The average Bonchev–Trinajstić information content (AvgIpc) is 3.10. The molecule has 4 rings (SSSR count). The fourth-order valence-corrected chi connectivity index (χ4v) is 5.33. The molecular formula is C22H30N4O2S. The first kappa shape index (κ1) is 20.3. The number of carbonyl (C=O) groups excluding carboxylic acids is 1. The summed E-state index contributed by atoms with van der Waals surface area (Å²) >= 11 is 1.92. The normalized spacial score (nSPS) is 19.3. The Kier molecular flexibility index (Phi) is 6.15. The number of aromatic nitrogens is 2. The molecule has 0 N–H and O–H groups in total. The maximum Gasteiger partial charge on any atom is 0.274 e. The van der Waals surface area contributed by atoms with Gasteiger partial charge in [-0.05, 0) is 44.0 Å². The van der Waals surface area contributed by atoms with Gasteiger partial charge < -0.3 is 9.64 Å². The number of benzene rings is 1. The highest BCUT2D eigenvalue weighted by atomic mass is 32.2. The van der Waals surface area contributed by atoms with Crippen molar-refractivity contribution in [2.75, 3.05) is 38.8 Å². The van der Waals surface area contributed by atoms with Crippen LogP contribution in [0.3, 0.4) is 0 Å². The quantitative estimate of drug-likeness (QED) is 0.753. The van der Waals surface area contributed by atoms with Crippen molar-refractivity contribution in [2.45, 2.75) is 31.8 Å². The summed E-state index contributed by atoms with van der Waals surface area (Å²) in [5, 5.41) is 4.65. The van der Waals surface area contributed by atoms with E-state index in [1.165, 1.54) is 11.3 Å². The van der Waals surface area contributed by atoms with Crippen LogP contribution in [0.15, 0.2) is 24.3 Å². The Balaban J connectivity index is 1.50. The molecule has 1 aromatic heterocycles. The van der Waals surface area contributed by atoms with Crippen molar-refractivity contribution in [3.05, 3.63) is 46.8 Å². The summed E-state index contributed by atoms with van der Waals surface area (Å²) in [4.78, 5) is 17.5. The topological polar surface area (TPSA) is 50.6 Å². The number of ether oxygens (including phenoxy) is 1. The molecule has 0 bridgehead atoms. The van der Waals surface area contributed by atoms with Crippen molar-refractivity contribution >= 4 is 17.7 Å². The van der Waals surface area contributed by atoms with Gasteiger partial charge in [0.2, 0.25) is 0 Å². The van der Waals surface area contributed by atoms with E-state index in [-0.39, 0.29) is 5.91 Å². The molecule has 1 aromatic carbocycles. The number of carbonyl (C=O) groups is 1. The molecule has 0 radical (unpaired) electrons. The second-order valence-electron chi connectivity index (χ2n) is 7.97. The lowest BCUT2D eigenvalue weighted by atomic mass is 9.90. The van der Waals surface area contributed by atoms with Crippen molar-refractivity contribution < 1.29 is 9.53 Å². The van der Waals surface area contributed by atoms with Crippen LogP contribution in [0.4, 0.5) is 0 Å². The summed E-state index contributed by atoms with van der Waals surface area (Å²) < 4.78 is 7.29. The zero-order valence-corrected chi connectivity index (χ0v) is 18.4. The second kappa shape index (κ2) is 8.79. The first-order valence-corrected chi connectivity index (χ1v) is 11.5. The van der Waals surface area contributed by atoms with E-state index in [1.807, 2.05) is 40.5 Å². The molecule has 7 heteroatoms. The fraction of sp³-hybridized carbons (Fsp3) is 0.545. The lowest BCUT2D eigenvalue weighted by Crippen LogP contribution is -2.40. The number of amides is 1. The van der Waals surface area contributed by atoms with Gasteiger partial charge in [0, 0.05) is 55.5 Å². The summed E-state index contributed by atoms with van der Waals surface area (Å²) in [6.45, 7) is 2.52. The van der Waals surface area contributed by atoms with Crippen LogP contribution in [0.5, 0.6) is 5.75 Å². The standard InChI is InChI=1S/C22H30N4O2S/c1-24(15-16-5-4-6-18(13-16)28-3)17-7-8-20-19(14-17)21(23-25(20)2)22(27)26-9-11-29-12-10-26/h4-6,13,17H,7-12,14-15H2,1-3H3. The van der Waals surface area contributed by atoms with Crippen LogP contribution in [-0.4, -0.2) is 70.3 Å². The van der Waals surface area contributed by atoms with Gasteiger partial charge in [-0.15, -0.1) is 0 Å². The number of aryl methyl sites for hydroxylation is 1. The molecule has 0 saturated carbocycles. The minimum atomic E-state index is 0.109. The lowest BCUT2D eigenvalue weighted by Gasteiger charge is -2.32. The number of thioether (sulfide) groups is 1. The van der Waals surface area contributed by atoms with Crippen molar-refractivity contribution in [1.29, 1.82) is 0 Å². The number of likely N-dealkylation sites (N-methyl/N-ethyl adjacent to an activating group) is 1. The minimum absolute atomic E-state index is 0.109. The Bertz CT molecular complexity index is 876. The molecular weight excluding hydrogens is 384 g/mol. The number of methoxy groups -OCH3 is 1. The van der Waals surface area contributed by atoms with Crippen LogP contribution in [-0.2, 0) is 26.4 Å². The van der Waals surface area contributed by atoms with Gasteiger partial charge in [0.15, 0.2) is 5.69 Å². The summed E-state index contributed by atoms with van der Waals surface area (Å²) in [5.74, 6) is 3.04. The molecule has 29 heavy (non-hydrogen) atoms. The minimum Gasteiger partial charge on any atom is -0.497 e. The van der Waals surface area contributed by atoms with Gasteiger partial charge in [0.05, 0.1) is 7.11 Å². The van der Waals surface area contributed by atoms with Gasteiger partial charge in [-0.2, -0.15) is 16.9 Å². The Morgan fingerprint density at radius 3 is 2.90 bits per heavy atom. The molecule has 1 aliphatic heterocycles. The molecule has 1 aliphatic carbocycles. The van der Waals surface area contributed by atoms with E-state index in [0.29, 0.717) is 11.7 Å². The SMILES string of the molecule is COc1cccc(CN(C)C2CCc3c(c(C(=O)N4CCSCC4)nn3C)C2)c1. The molecule has 0 spiro atoms. The largest absolute Gasteiger partial charge is 0.497 e. The molecule has 2 aliphatic rings. The van der Waals surface area contributed by atoms with Crippen LogP contribution < -0.4 is 4.74 Å². The Labute approximate surface area is 177 Å². The second-order valence-corrected chi connectivity index (χ2v) is 9.19. The Morgan fingerprint density at radius 2 is 2.14 bits per heavy atom. The smallest absolute Gasteiger partial charge is 0.274 e. The van der Waals surface area contributed by atoms with E-state index in [2.05, 4.69) is 29.2 Å². The molecule has 1 saturated heterocycles. The highest BCUT2D eigenvalue weighted by Crippen LogP contribution is 2.29. The fourth-order valence-electron chi connectivity index (χ4n) is 4.42. The molecule has 1 amide bonds. The maximum atomic E-state index is 13.1. The highest BCUT2D eigenvalue weighted by molar-refractivity contribution is 7.99. The predicted molar refractivity (Wildman–Crippen MR) is 117 cm³/mol. The number of fused-ring (bicyclic) bond motifs is 1. The molecule has 1 atom stereocenters. The monoisotopic (exact) mass is 414 g/mol. The molecule has 1 unspecified atom stereocenters. The van der Waals surface area contributed by atoms with Gasteiger partial charge in [-0.3, -0.25) is 14.4 Å². The lowest BCUT2D eigenvalue weighted by molar-refractivity contribution is 0.0763. The van der Waals surface area contributed by atoms with E-state index >= 15 is 0 Å². The predicted octanol–water partition coefficient (Wildman–Crippen LogP) is 2.61. The number of nitrogens with zero attached hydrogens (tertiary/aromatic N) is 4. The van der Waals surface area contributed by atoms with Crippen LogP contribution in [0, 0.1) is 0 Å². The van der Waals surface area contributed by atoms with Crippen molar-refractivity contribution in [2.24, 2.45) is 7.05 Å². The molecule has 2 aromatic rings. The highest BCUT2D eigenvalue weighted by Gasteiger charge is 2.32. The zero-order valence-electron chi connectivity index (χ0n) is 17.6. The van der Waals surface area contributed by atoms with E-state index < -0.39 is 0 Å². The van der Waals surface area contributed by atoms with E-state index in [0.717, 1.165) is 61.7 Å². The number of hydrogen-bond donors (Lipinski definition) is 0. The first-order valence-electron chi connectivity index (χ1n) is 10.3. The third-order valence-corrected chi connectivity index (χ3v) is 7.06. The maximum absolute atomic E-state index is 13.1.